The van der Waals surface area contributed by atoms with Crippen LogP contribution >= 0.6 is 0 Å². The number of rotatable bonds is 9. The summed E-state index contributed by atoms with van der Waals surface area (Å²) in [6, 6.07) is 15.8. The summed E-state index contributed by atoms with van der Waals surface area (Å²) in [6.07, 6.45) is 5.73. The van der Waals surface area contributed by atoms with E-state index in [1.807, 2.05) is 55.5 Å². The second-order valence-corrected chi connectivity index (χ2v) is 8.96. The van der Waals surface area contributed by atoms with Crippen molar-refractivity contribution in [1.82, 2.24) is 25.5 Å². The van der Waals surface area contributed by atoms with Crippen LogP contribution < -0.4 is 0 Å². The maximum Gasteiger partial charge on any atom is 0.329 e. The van der Waals surface area contributed by atoms with Gasteiger partial charge in [-0.1, -0.05) is 81.1 Å². The lowest BCUT2D eigenvalue weighted by molar-refractivity contribution is -0.163. The third-order valence-corrected chi connectivity index (χ3v) is 6.76. The molecule has 3 aromatic rings. The molecule has 2 aromatic carbocycles. The molecule has 8 nitrogen and oxygen atoms in total. The topological polar surface area (TPSA) is 112 Å². The lowest BCUT2D eigenvalue weighted by Crippen LogP contribution is -2.57. The predicted molar refractivity (Wildman–Crippen MR) is 129 cm³/mol. The Morgan fingerprint density at radius 2 is 1.74 bits per heavy atom. The zero-order chi connectivity index (χ0) is 24.0. The van der Waals surface area contributed by atoms with Crippen LogP contribution in [0.2, 0.25) is 0 Å². The Labute approximate surface area is 199 Å². The molecule has 0 bridgehead atoms. The van der Waals surface area contributed by atoms with Gasteiger partial charge in [-0.15, -0.1) is 10.2 Å². The standard InChI is InChI=1S/C26H31N5O3/c1-2-3-11-23(32)31(26(25(33)34)16-7-4-8-17-26)18-19-12-14-20(15-13-19)21-9-5-6-10-22(21)24-27-29-30-28-24/h5-6,9-10,12-15H,2-4,7-8,11,16-18H2,1H3,(H,33,34)(H,27,28,29,30). The van der Waals surface area contributed by atoms with Gasteiger partial charge >= 0.3 is 5.97 Å². The number of nitrogens with one attached hydrogen (secondary N) is 1. The number of carbonyl (C=O) groups is 2. The van der Waals surface area contributed by atoms with Crippen LogP contribution in [-0.4, -0.2) is 48.0 Å². The fraction of sp³-hybridized carbons (Fsp3) is 0.423. The monoisotopic (exact) mass is 461 g/mol. The molecule has 178 valence electrons. The molecule has 0 radical (unpaired) electrons. The molecule has 0 unspecified atom stereocenters. The Balaban J connectivity index is 1.62. The summed E-state index contributed by atoms with van der Waals surface area (Å²) >= 11 is 0. The van der Waals surface area contributed by atoms with Crippen molar-refractivity contribution >= 4 is 11.9 Å². The number of aromatic nitrogens is 4. The number of carboxylic acids is 1. The quantitative estimate of drug-likeness (QED) is 0.472. The lowest BCUT2D eigenvalue weighted by atomic mass is 9.79. The molecular weight excluding hydrogens is 430 g/mol. The Bertz CT molecular complexity index is 1110. The van der Waals surface area contributed by atoms with E-state index in [9.17, 15) is 14.7 Å². The van der Waals surface area contributed by atoms with Gasteiger partial charge in [-0.25, -0.2) is 4.79 Å². The molecule has 34 heavy (non-hydrogen) atoms. The van der Waals surface area contributed by atoms with E-state index in [1.165, 1.54) is 0 Å². The number of aliphatic carboxylic acids is 1. The van der Waals surface area contributed by atoms with E-state index in [4.69, 9.17) is 0 Å². The molecule has 1 aliphatic rings. The summed E-state index contributed by atoms with van der Waals surface area (Å²) in [6.45, 7) is 2.33. The van der Waals surface area contributed by atoms with Crippen molar-refractivity contribution in [2.45, 2.75) is 70.4 Å². The number of amides is 1. The van der Waals surface area contributed by atoms with Gasteiger partial charge in [0.2, 0.25) is 11.7 Å². The smallest absolute Gasteiger partial charge is 0.329 e. The van der Waals surface area contributed by atoms with E-state index in [2.05, 4.69) is 20.6 Å². The molecule has 1 heterocycles. The van der Waals surface area contributed by atoms with Crippen LogP contribution in [0.15, 0.2) is 48.5 Å². The number of carboxylic acid groups (broad SMARTS) is 1. The van der Waals surface area contributed by atoms with Gasteiger partial charge < -0.3 is 10.0 Å². The van der Waals surface area contributed by atoms with Crippen molar-refractivity contribution < 1.29 is 14.7 Å². The first-order valence-corrected chi connectivity index (χ1v) is 12.0. The van der Waals surface area contributed by atoms with Gasteiger partial charge in [0.25, 0.3) is 0 Å². The van der Waals surface area contributed by atoms with Crippen molar-refractivity contribution in [2.75, 3.05) is 0 Å². The summed E-state index contributed by atoms with van der Waals surface area (Å²) in [7, 11) is 0. The summed E-state index contributed by atoms with van der Waals surface area (Å²) in [4.78, 5) is 27.3. The molecule has 0 saturated heterocycles. The highest BCUT2D eigenvalue weighted by molar-refractivity contribution is 5.87. The number of benzene rings is 2. The highest BCUT2D eigenvalue weighted by Crippen LogP contribution is 2.36. The first kappa shape index (κ1) is 23.6. The summed E-state index contributed by atoms with van der Waals surface area (Å²) < 4.78 is 0. The van der Waals surface area contributed by atoms with Crippen molar-refractivity contribution in [3.63, 3.8) is 0 Å². The number of tetrazole rings is 1. The van der Waals surface area contributed by atoms with Gasteiger partial charge in [0.15, 0.2) is 0 Å². The fourth-order valence-corrected chi connectivity index (χ4v) is 4.86. The van der Waals surface area contributed by atoms with Crippen molar-refractivity contribution in [1.29, 1.82) is 0 Å². The minimum Gasteiger partial charge on any atom is -0.479 e. The van der Waals surface area contributed by atoms with E-state index in [1.54, 1.807) is 4.90 Å². The predicted octanol–water partition coefficient (Wildman–Crippen LogP) is 4.84. The van der Waals surface area contributed by atoms with Crippen LogP contribution in [0.1, 0.15) is 63.9 Å². The number of unbranched alkanes of at least 4 members (excludes halogenated alkanes) is 1. The molecule has 0 aliphatic heterocycles. The van der Waals surface area contributed by atoms with E-state index >= 15 is 0 Å². The highest BCUT2D eigenvalue weighted by atomic mass is 16.4. The zero-order valence-electron chi connectivity index (χ0n) is 19.5. The third kappa shape index (κ3) is 4.85. The second kappa shape index (κ2) is 10.6. The first-order valence-electron chi connectivity index (χ1n) is 12.0. The third-order valence-electron chi connectivity index (χ3n) is 6.76. The average Bonchev–Trinajstić information content (AvgIpc) is 3.41. The zero-order valence-corrected chi connectivity index (χ0v) is 19.5. The Kier molecular flexibility index (Phi) is 7.35. The van der Waals surface area contributed by atoms with Crippen LogP contribution in [0.25, 0.3) is 22.5 Å². The summed E-state index contributed by atoms with van der Waals surface area (Å²) in [5.41, 5.74) is 2.62. The van der Waals surface area contributed by atoms with Gasteiger partial charge in [-0.05, 0) is 41.2 Å². The maximum atomic E-state index is 13.2. The number of nitrogens with zero attached hydrogens (tertiary/aromatic N) is 4. The lowest BCUT2D eigenvalue weighted by Gasteiger charge is -2.43. The molecule has 8 heteroatoms. The SMILES string of the molecule is CCCCC(=O)N(Cc1ccc(-c2ccccc2-c2nn[nH]n2)cc1)C1(C(=O)O)CCCCC1. The van der Waals surface area contributed by atoms with Gasteiger partial charge in [0.1, 0.15) is 5.54 Å². The normalized spacial score (nSPS) is 15.1. The van der Waals surface area contributed by atoms with Crippen LogP contribution in [0.5, 0.6) is 0 Å². The van der Waals surface area contributed by atoms with E-state index in [-0.39, 0.29) is 5.91 Å². The van der Waals surface area contributed by atoms with Gasteiger partial charge in [-0.2, -0.15) is 5.21 Å². The average molecular weight is 462 g/mol. The van der Waals surface area contributed by atoms with E-state index < -0.39 is 11.5 Å². The van der Waals surface area contributed by atoms with Crippen LogP contribution in [-0.2, 0) is 16.1 Å². The van der Waals surface area contributed by atoms with Crippen LogP contribution in [0.4, 0.5) is 0 Å². The van der Waals surface area contributed by atoms with E-state index in [0.29, 0.717) is 31.6 Å². The Hall–Kier alpha value is -3.55. The van der Waals surface area contributed by atoms with Gasteiger partial charge in [-0.3, -0.25) is 4.79 Å². The van der Waals surface area contributed by atoms with Crippen molar-refractivity contribution in [2.24, 2.45) is 0 Å². The fourth-order valence-electron chi connectivity index (χ4n) is 4.86. The molecule has 4 rings (SSSR count). The molecule has 1 saturated carbocycles. The first-order chi connectivity index (χ1) is 16.5. The van der Waals surface area contributed by atoms with Gasteiger partial charge in [0.05, 0.1) is 0 Å². The van der Waals surface area contributed by atoms with Crippen molar-refractivity contribution in [3.05, 3.63) is 54.1 Å². The van der Waals surface area contributed by atoms with Gasteiger partial charge in [0, 0.05) is 18.5 Å². The highest BCUT2D eigenvalue weighted by Gasteiger charge is 2.46. The maximum absolute atomic E-state index is 13.2. The molecule has 0 atom stereocenters. The number of H-pyrrole nitrogens is 1. The largest absolute Gasteiger partial charge is 0.479 e. The molecule has 0 spiro atoms. The number of carbonyl (C=O) groups excluding carboxylic acids is 1. The van der Waals surface area contributed by atoms with E-state index in [0.717, 1.165) is 54.4 Å². The number of aromatic amines is 1. The molecule has 1 fully saturated rings. The number of hydrogen-bond acceptors (Lipinski definition) is 5. The molecule has 1 amide bonds. The van der Waals surface area contributed by atoms with Crippen molar-refractivity contribution in [3.8, 4) is 22.5 Å². The summed E-state index contributed by atoms with van der Waals surface area (Å²) in [5, 5.41) is 24.6. The van der Waals surface area contributed by atoms with Crippen LogP contribution in [0.3, 0.4) is 0 Å². The number of hydrogen-bond donors (Lipinski definition) is 2. The minimum atomic E-state index is -1.12. The molecule has 2 N–H and O–H groups in total. The second-order valence-electron chi connectivity index (χ2n) is 8.96. The molecule has 1 aliphatic carbocycles. The Morgan fingerprint density at radius 1 is 1.03 bits per heavy atom. The Morgan fingerprint density at radius 3 is 2.35 bits per heavy atom. The molecular formula is C26H31N5O3. The van der Waals surface area contributed by atoms with Crippen LogP contribution in [0, 0.1) is 0 Å². The molecule has 1 aromatic heterocycles. The minimum absolute atomic E-state index is 0.0716. The summed E-state index contributed by atoms with van der Waals surface area (Å²) in [5.74, 6) is -0.437.